The number of hydrogen-bond acceptors (Lipinski definition) is 2. The predicted octanol–water partition coefficient (Wildman–Crippen LogP) is 4.62. The second kappa shape index (κ2) is 5.35. The van der Waals surface area contributed by atoms with Crippen molar-refractivity contribution < 1.29 is 9.50 Å². The number of halogens is 2. The molecule has 0 bridgehead atoms. The summed E-state index contributed by atoms with van der Waals surface area (Å²) >= 11 is 5.66. The van der Waals surface area contributed by atoms with Crippen molar-refractivity contribution in [1.29, 1.82) is 5.26 Å². The van der Waals surface area contributed by atoms with Crippen molar-refractivity contribution in [2.45, 2.75) is 45.6 Å². The van der Waals surface area contributed by atoms with Crippen molar-refractivity contribution in [2.24, 2.45) is 10.8 Å². The average Bonchev–Trinajstić information content (AvgIpc) is 2.42. The molecule has 1 aliphatic rings. The third-order valence-corrected chi connectivity index (χ3v) is 4.81. The predicted molar refractivity (Wildman–Crippen MR) is 76.7 cm³/mol. The Hall–Kier alpha value is -1.11. The van der Waals surface area contributed by atoms with Crippen molar-refractivity contribution in [3.63, 3.8) is 0 Å². The highest BCUT2D eigenvalue weighted by atomic mass is 35.5. The van der Waals surface area contributed by atoms with Gasteiger partial charge >= 0.3 is 0 Å². The van der Waals surface area contributed by atoms with Gasteiger partial charge in [0.2, 0.25) is 0 Å². The monoisotopic (exact) mass is 295 g/mol. The van der Waals surface area contributed by atoms with E-state index >= 15 is 0 Å². The highest BCUT2D eigenvalue weighted by Gasteiger charge is 2.44. The molecular weight excluding hydrogens is 277 g/mol. The Bertz CT molecular complexity index is 540. The van der Waals surface area contributed by atoms with Gasteiger partial charge in [-0.2, -0.15) is 5.26 Å². The molecule has 0 heterocycles. The van der Waals surface area contributed by atoms with Crippen molar-refractivity contribution >= 4 is 11.6 Å². The summed E-state index contributed by atoms with van der Waals surface area (Å²) in [5, 5.41) is 20.1. The second-order valence-corrected chi connectivity index (χ2v) is 6.92. The number of benzene rings is 1. The van der Waals surface area contributed by atoms with E-state index in [-0.39, 0.29) is 10.4 Å². The van der Waals surface area contributed by atoms with E-state index in [2.05, 4.69) is 19.9 Å². The van der Waals surface area contributed by atoms with E-state index in [1.807, 2.05) is 0 Å². The lowest BCUT2D eigenvalue weighted by molar-refractivity contribution is 0.00939. The summed E-state index contributed by atoms with van der Waals surface area (Å²) in [6, 6.07) is 6.53. The molecule has 4 heteroatoms. The second-order valence-electron chi connectivity index (χ2n) is 6.51. The number of rotatable bonds is 2. The SMILES string of the molecule is CC1(C)CCC(C#N)(C(O)c2ccc(Cl)c(F)c2)CC1. The number of nitrogens with zero attached hydrogens (tertiary/aromatic N) is 1. The van der Waals surface area contributed by atoms with E-state index in [9.17, 15) is 14.8 Å². The van der Waals surface area contributed by atoms with Crippen molar-refractivity contribution in [1.82, 2.24) is 0 Å². The van der Waals surface area contributed by atoms with E-state index in [4.69, 9.17) is 11.6 Å². The smallest absolute Gasteiger partial charge is 0.142 e. The van der Waals surface area contributed by atoms with Crippen LogP contribution in [0.5, 0.6) is 0 Å². The van der Waals surface area contributed by atoms with Gasteiger partial charge in [0.05, 0.1) is 22.6 Å². The zero-order valence-electron chi connectivity index (χ0n) is 11.8. The zero-order valence-corrected chi connectivity index (χ0v) is 12.5. The highest BCUT2D eigenvalue weighted by molar-refractivity contribution is 6.30. The first-order valence-electron chi connectivity index (χ1n) is 6.84. The van der Waals surface area contributed by atoms with Crippen LogP contribution in [0.1, 0.15) is 51.2 Å². The summed E-state index contributed by atoms with van der Waals surface area (Å²) in [6.07, 6.45) is 2.04. The Balaban J connectivity index is 2.28. The van der Waals surface area contributed by atoms with E-state index in [0.717, 1.165) is 12.8 Å². The molecule has 1 aromatic rings. The third kappa shape index (κ3) is 2.82. The van der Waals surface area contributed by atoms with Crippen LogP contribution in [0.25, 0.3) is 0 Å². The van der Waals surface area contributed by atoms with Gasteiger partial charge in [-0.1, -0.05) is 31.5 Å². The van der Waals surface area contributed by atoms with Crippen LogP contribution in [0.4, 0.5) is 4.39 Å². The molecule has 1 aliphatic carbocycles. The van der Waals surface area contributed by atoms with Gasteiger partial charge in [-0.3, -0.25) is 0 Å². The maximum atomic E-state index is 13.5. The lowest BCUT2D eigenvalue weighted by atomic mass is 9.62. The van der Waals surface area contributed by atoms with E-state index in [1.165, 1.54) is 12.1 Å². The molecule has 1 fully saturated rings. The van der Waals surface area contributed by atoms with Crippen molar-refractivity contribution in [2.75, 3.05) is 0 Å². The number of aliphatic hydroxyl groups is 1. The van der Waals surface area contributed by atoms with Gasteiger partial charge in [0.25, 0.3) is 0 Å². The number of aliphatic hydroxyl groups excluding tert-OH is 1. The fraction of sp³-hybridized carbons (Fsp3) is 0.562. The van der Waals surface area contributed by atoms with Crippen LogP contribution in [0, 0.1) is 28.0 Å². The van der Waals surface area contributed by atoms with E-state index in [0.29, 0.717) is 18.4 Å². The molecule has 0 aliphatic heterocycles. The van der Waals surface area contributed by atoms with Crippen molar-refractivity contribution in [3.05, 3.63) is 34.6 Å². The Morgan fingerprint density at radius 3 is 2.40 bits per heavy atom. The van der Waals surface area contributed by atoms with Gasteiger partial charge < -0.3 is 5.11 Å². The van der Waals surface area contributed by atoms with Gasteiger partial charge in [0.1, 0.15) is 5.82 Å². The van der Waals surface area contributed by atoms with Crippen LogP contribution >= 0.6 is 11.6 Å². The molecule has 0 saturated heterocycles. The van der Waals surface area contributed by atoms with Crippen LogP contribution in [-0.2, 0) is 0 Å². The molecular formula is C16H19ClFNO. The molecule has 1 atom stereocenters. The summed E-state index contributed by atoms with van der Waals surface area (Å²) in [4.78, 5) is 0. The maximum absolute atomic E-state index is 13.5. The van der Waals surface area contributed by atoms with Crippen LogP contribution in [0.3, 0.4) is 0 Å². The normalized spacial score (nSPS) is 22.0. The number of hydrogen-bond donors (Lipinski definition) is 1. The summed E-state index contributed by atoms with van der Waals surface area (Å²) in [5.74, 6) is -0.563. The summed E-state index contributed by atoms with van der Waals surface area (Å²) in [6.45, 7) is 4.34. The maximum Gasteiger partial charge on any atom is 0.142 e. The fourth-order valence-corrected chi connectivity index (χ4v) is 2.94. The first kappa shape index (κ1) is 15.3. The van der Waals surface area contributed by atoms with Gasteiger partial charge in [-0.25, -0.2) is 4.39 Å². The fourth-order valence-electron chi connectivity index (χ4n) is 2.82. The third-order valence-electron chi connectivity index (χ3n) is 4.50. The van der Waals surface area contributed by atoms with Gasteiger partial charge in [-0.15, -0.1) is 0 Å². The average molecular weight is 296 g/mol. The Morgan fingerprint density at radius 1 is 1.30 bits per heavy atom. The first-order valence-corrected chi connectivity index (χ1v) is 7.22. The van der Waals surface area contributed by atoms with Crippen molar-refractivity contribution in [3.8, 4) is 6.07 Å². The van der Waals surface area contributed by atoms with Crippen LogP contribution < -0.4 is 0 Å². The Morgan fingerprint density at radius 2 is 1.90 bits per heavy atom. The van der Waals surface area contributed by atoms with Gasteiger partial charge in [-0.05, 0) is 48.8 Å². The lowest BCUT2D eigenvalue weighted by Gasteiger charge is -2.42. The van der Waals surface area contributed by atoms with Crippen LogP contribution in [0.2, 0.25) is 5.02 Å². The van der Waals surface area contributed by atoms with Gasteiger partial charge in [0, 0.05) is 0 Å². The standard InChI is InChI=1S/C16H19ClFNO/c1-15(2)5-7-16(10-19,8-6-15)14(20)11-3-4-12(17)13(18)9-11/h3-4,9,14,20H,5-8H2,1-2H3. The summed E-state index contributed by atoms with van der Waals surface area (Å²) < 4.78 is 13.5. The van der Waals surface area contributed by atoms with E-state index in [1.54, 1.807) is 6.07 Å². The topological polar surface area (TPSA) is 44.0 Å². The lowest BCUT2D eigenvalue weighted by Crippen LogP contribution is -2.35. The van der Waals surface area contributed by atoms with E-state index < -0.39 is 17.3 Å². The molecule has 2 rings (SSSR count). The molecule has 1 N–H and O–H groups in total. The number of nitriles is 1. The van der Waals surface area contributed by atoms with Crippen LogP contribution in [-0.4, -0.2) is 5.11 Å². The van der Waals surface area contributed by atoms with Gasteiger partial charge in [0.15, 0.2) is 0 Å². The molecule has 1 saturated carbocycles. The minimum atomic E-state index is -0.977. The first-order chi connectivity index (χ1) is 9.30. The summed E-state index contributed by atoms with van der Waals surface area (Å²) in [5.41, 5.74) is -0.200. The largest absolute Gasteiger partial charge is 0.387 e. The molecule has 0 radical (unpaired) electrons. The molecule has 1 aromatic carbocycles. The molecule has 2 nitrogen and oxygen atoms in total. The Labute approximate surface area is 124 Å². The highest BCUT2D eigenvalue weighted by Crippen LogP contribution is 2.51. The quantitative estimate of drug-likeness (QED) is 0.865. The molecule has 20 heavy (non-hydrogen) atoms. The molecule has 0 spiro atoms. The summed E-state index contributed by atoms with van der Waals surface area (Å²) in [7, 11) is 0. The molecule has 0 aromatic heterocycles. The Kier molecular flexibility index (Phi) is 4.09. The minimum Gasteiger partial charge on any atom is -0.387 e. The minimum absolute atomic E-state index is 0.0248. The molecule has 108 valence electrons. The van der Waals surface area contributed by atoms with Crippen LogP contribution in [0.15, 0.2) is 18.2 Å². The molecule has 0 amide bonds. The molecule has 1 unspecified atom stereocenters. The zero-order chi connectivity index (χ0) is 15.0.